The molecule has 0 bridgehead atoms. The second-order valence-corrected chi connectivity index (χ2v) is 6.27. The molecule has 0 rings (SSSR count). The molecule has 0 aliphatic carbocycles. The molecule has 0 aliphatic rings. The highest BCUT2D eigenvalue weighted by atomic mass is 31.0. The van der Waals surface area contributed by atoms with Crippen LogP contribution < -0.4 is 0 Å². The molecule has 2 heteroatoms. The standard InChI is InChI=1S/3C2H5.Al.H3P/c3*1-2;;/h3*1H2,2H3;;1H3. The van der Waals surface area contributed by atoms with E-state index in [0.29, 0.717) is 0 Å². The van der Waals surface area contributed by atoms with Crippen LogP contribution in [-0.2, 0) is 0 Å². The van der Waals surface area contributed by atoms with Crippen LogP contribution in [0.5, 0.6) is 0 Å². The van der Waals surface area contributed by atoms with Gasteiger partial charge in [0, 0.05) is 0 Å². The predicted molar refractivity (Wildman–Crippen MR) is 48.3 cm³/mol. The summed E-state index contributed by atoms with van der Waals surface area (Å²) in [5.74, 6) is 0. The molecule has 0 aliphatic heterocycles. The topological polar surface area (TPSA) is 0 Å². The van der Waals surface area contributed by atoms with Crippen molar-refractivity contribution < 1.29 is 0 Å². The SMILES string of the molecule is C[CH2][Al]([CH2]C)[CH2]C.P. The summed E-state index contributed by atoms with van der Waals surface area (Å²) in [6.45, 7) is 6.97. The Labute approximate surface area is 61.1 Å². The summed E-state index contributed by atoms with van der Waals surface area (Å²) in [5.41, 5.74) is 0. The van der Waals surface area contributed by atoms with E-state index in [1.54, 1.807) is 0 Å². The van der Waals surface area contributed by atoms with Gasteiger partial charge in [-0.25, -0.2) is 0 Å². The summed E-state index contributed by atoms with van der Waals surface area (Å²) in [7, 11) is 0. The van der Waals surface area contributed by atoms with Crippen LogP contribution in [0.3, 0.4) is 0 Å². The summed E-state index contributed by atoms with van der Waals surface area (Å²) < 4.78 is 0. The molecule has 0 amide bonds. The first-order valence-corrected chi connectivity index (χ1v) is 5.80. The van der Waals surface area contributed by atoms with E-state index in [9.17, 15) is 0 Å². The molecule has 8 heavy (non-hydrogen) atoms. The van der Waals surface area contributed by atoms with Gasteiger partial charge in [-0.05, 0) is 0 Å². The second-order valence-electron chi connectivity index (χ2n) is 2.09. The Morgan fingerprint density at radius 3 is 1.12 bits per heavy atom. The number of rotatable bonds is 3. The highest BCUT2D eigenvalue weighted by Gasteiger charge is 2.05. The van der Waals surface area contributed by atoms with Crippen molar-refractivity contribution in [1.82, 2.24) is 0 Å². The fraction of sp³-hybridized carbons (Fsp3) is 1.00. The smallest absolute Gasteiger partial charge is 0.153 e. The fourth-order valence-corrected chi connectivity index (χ4v) is 2.60. The van der Waals surface area contributed by atoms with Crippen LogP contribution >= 0.6 is 9.90 Å². The third kappa shape index (κ3) is 5.11. The van der Waals surface area contributed by atoms with Crippen LogP contribution in [0, 0.1) is 0 Å². The van der Waals surface area contributed by atoms with Crippen molar-refractivity contribution in [2.45, 2.75) is 36.6 Å². The van der Waals surface area contributed by atoms with E-state index in [2.05, 4.69) is 20.8 Å². The Hall–Kier alpha value is 0.962. The van der Waals surface area contributed by atoms with Gasteiger partial charge in [-0.15, -0.1) is 0 Å². The molecule has 0 spiro atoms. The maximum atomic E-state index is 2.32. The molecular weight excluding hydrogens is 130 g/mol. The van der Waals surface area contributed by atoms with Gasteiger partial charge in [0.05, 0.1) is 0 Å². The molecule has 0 N–H and O–H groups in total. The monoisotopic (exact) mass is 148 g/mol. The summed E-state index contributed by atoms with van der Waals surface area (Å²) >= 11 is -0.171. The number of hydrogen-bond acceptors (Lipinski definition) is 0. The maximum Gasteiger partial charge on any atom is 0.261 e. The first kappa shape index (κ1) is 11.7. The van der Waals surface area contributed by atoms with Crippen molar-refractivity contribution >= 4 is 24.0 Å². The molecule has 0 aromatic rings. The van der Waals surface area contributed by atoms with Gasteiger partial charge in [-0.2, -0.15) is 9.90 Å². The van der Waals surface area contributed by atoms with Crippen LogP contribution in [0.25, 0.3) is 0 Å². The first-order chi connectivity index (χ1) is 3.35. The van der Waals surface area contributed by atoms with E-state index in [4.69, 9.17) is 0 Å². The minimum Gasteiger partial charge on any atom is -0.153 e. The summed E-state index contributed by atoms with van der Waals surface area (Å²) in [4.78, 5) is 0. The third-order valence-corrected chi connectivity index (χ3v) is 5.20. The van der Waals surface area contributed by atoms with Crippen molar-refractivity contribution in [3.8, 4) is 0 Å². The Kier molecular flexibility index (Phi) is 11.7. The Morgan fingerprint density at radius 2 is 1.12 bits per heavy atom. The van der Waals surface area contributed by atoms with Gasteiger partial charge in [0.15, 0.2) is 0 Å². The van der Waals surface area contributed by atoms with E-state index in [1.165, 1.54) is 15.8 Å². The highest BCUT2D eigenvalue weighted by molar-refractivity contribution is 6.92. The van der Waals surface area contributed by atoms with E-state index in [0.717, 1.165) is 0 Å². The molecule has 0 heterocycles. The summed E-state index contributed by atoms with van der Waals surface area (Å²) in [6, 6.07) is 0. The van der Waals surface area contributed by atoms with Gasteiger partial charge < -0.3 is 0 Å². The van der Waals surface area contributed by atoms with E-state index in [1.807, 2.05) is 0 Å². The van der Waals surface area contributed by atoms with Gasteiger partial charge in [-0.3, -0.25) is 0 Å². The maximum absolute atomic E-state index is 2.32. The minimum atomic E-state index is -0.171. The highest BCUT2D eigenvalue weighted by Crippen LogP contribution is 2.01. The zero-order valence-electron chi connectivity index (χ0n) is 6.41. The Bertz CT molecular complexity index is 30.0. The van der Waals surface area contributed by atoms with Gasteiger partial charge in [0.25, 0.3) is 14.1 Å². The second kappa shape index (κ2) is 7.96. The van der Waals surface area contributed by atoms with Crippen LogP contribution in [0.2, 0.25) is 15.8 Å². The quantitative estimate of drug-likeness (QED) is 0.426. The zero-order valence-corrected chi connectivity index (χ0v) is 8.97. The van der Waals surface area contributed by atoms with Crippen molar-refractivity contribution in [2.75, 3.05) is 0 Å². The summed E-state index contributed by atoms with van der Waals surface area (Å²) in [5, 5.41) is 4.48. The molecule has 0 saturated heterocycles. The molecule has 0 fully saturated rings. The molecule has 0 nitrogen and oxygen atoms in total. The molecule has 0 radical (unpaired) electrons. The lowest BCUT2D eigenvalue weighted by molar-refractivity contribution is 1.24. The van der Waals surface area contributed by atoms with Crippen LogP contribution in [0.1, 0.15) is 20.8 Å². The predicted octanol–water partition coefficient (Wildman–Crippen LogP) is 2.60. The molecule has 0 saturated carbocycles. The third-order valence-electron chi connectivity index (χ3n) is 1.73. The van der Waals surface area contributed by atoms with Crippen LogP contribution in [-0.4, -0.2) is 14.1 Å². The lowest BCUT2D eigenvalue weighted by atomic mass is 10.9. The molecule has 0 aromatic heterocycles. The van der Waals surface area contributed by atoms with Crippen LogP contribution in [0.4, 0.5) is 0 Å². The molecular formula is C6H18AlP. The Morgan fingerprint density at radius 1 is 0.875 bits per heavy atom. The fourth-order valence-electron chi connectivity index (χ4n) is 0.866. The van der Waals surface area contributed by atoms with Gasteiger partial charge >= 0.3 is 0 Å². The first-order valence-electron chi connectivity index (χ1n) is 3.35. The summed E-state index contributed by atoms with van der Waals surface area (Å²) in [6.07, 6.45) is 0. The minimum absolute atomic E-state index is 0. The molecule has 50 valence electrons. The van der Waals surface area contributed by atoms with Crippen LogP contribution in [0.15, 0.2) is 0 Å². The van der Waals surface area contributed by atoms with E-state index >= 15 is 0 Å². The largest absolute Gasteiger partial charge is 0.261 e. The van der Waals surface area contributed by atoms with Crippen molar-refractivity contribution in [3.05, 3.63) is 0 Å². The average Bonchev–Trinajstić information content (AvgIpc) is 1.72. The average molecular weight is 148 g/mol. The van der Waals surface area contributed by atoms with Gasteiger partial charge in [0.1, 0.15) is 0 Å². The van der Waals surface area contributed by atoms with E-state index < -0.39 is 0 Å². The van der Waals surface area contributed by atoms with Crippen molar-refractivity contribution in [3.63, 3.8) is 0 Å². The Balaban J connectivity index is 0. The molecule has 1 atom stereocenters. The zero-order chi connectivity index (χ0) is 5.70. The van der Waals surface area contributed by atoms with E-state index in [-0.39, 0.29) is 24.0 Å². The molecule has 1 unspecified atom stereocenters. The molecule has 0 aromatic carbocycles. The lowest BCUT2D eigenvalue weighted by Crippen LogP contribution is -2.04. The van der Waals surface area contributed by atoms with Crippen molar-refractivity contribution in [1.29, 1.82) is 0 Å². The lowest BCUT2D eigenvalue weighted by Gasteiger charge is -1.97. The van der Waals surface area contributed by atoms with Gasteiger partial charge in [0.2, 0.25) is 0 Å². The van der Waals surface area contributed by atoms with Crippen molar-refractivity contribution in [2.24, 2.45) is 0 Å². The van der Waals surface area contributed by atoms with Gasteiger partial charge in [-0.1, -0.05) is 36.6 Å². The number of hydrogen-bond donors (Lipinski definition) is 0. The normalized spacial score (nSPS) is 7.88.